The zero-order chi connectivity index (χ0) is 14.6. The average molecular weight is 322 g/mol. The number of nitrogens with two attached hydrogens (primary N) is 1. The summed E-state index contributed by atoms with van der Waals surface area (Å²) in [5.74, 6) is 0.674. The monoisotopic (exact) mass is 322 g/mol. The second kappa shape index (κ2) is 6.64. The number of ether oxygens (including phenoxy) is 1. The van der Waals surface area contributed by atoms with E-state index < -0.39 is 12.8 Å². The van der Waals surface area contributed by atoms with Crippen LogP contribution < -0.4 is 5.73 Å². The van der Waals surface area contributed by atoms with Crippen molar-refractivity contribution in [2.75, 3.05) is 24.7 Å². The van der Waals surface area contributed by atoms with Crippen molar-refractivity contribution in [3.8, 4) is 0 Å². The van der Waals surface area contributed by atoms with Crippen LogP contribution in [0.15, 0.2) is 22.5 Å². The summed E-state index contributed by atoms with van der Waals surface area (Å²) in [5, 5.41) is 0. The average Bonchev–Trinajstić information content (AvgIpc) is 2.74. The number of alkyl halides is 3. The summed E-state index contributed by atoms with van der Waals surface area (Å²) in [6.07, 6.45) is -3.70. The molecule has 8 heteroatoms. The fourth-order valence-corrected chi connectivity index (χ4v) is 3.59. The number of anilines is 1. The first-order valence-electron chi connectivity index (χ1n) is 5.87. The molecule has 0 unspecified atom stereocenters. The summed E-state index contributed by atoms with van der Waals surface area (Å²) in [5.41, 5.74) is 7.27. The third-order valence-corrected chi connectivity index (χ3v) is 4.56. The fourth-order valence-electron chi connectivity index (χ4n) is 1.49. The van der Waals surface area contributed by atoms with E-state index in [0.717, 1.165) is 14.6 Å². The second-order valence-electron chi connectivity index (χ2n) is 4.08. The maximum absolute atomic E-state index is 11.8. The first-order chi connectivity index (χ1) is 9.44. The summed E-state index contributed by atoms with van der Waals surface area (Å²) in [4.78, 5) is 4.42. The summed E-state index contributed by atoms with van der Waals surface area (Å²) in [7, 11) is 0. The van der Waals surface area contributed by atoms with Gasteiger partial charge in [0.05, 0.1) is 10.2 Å². The van der Waals surface area contributed by atoms with E-state index in [1.807, 2.05) is 12.1 Å². The highest BCUT2D eigenvalue weighted by molar-refractivity contribution is 8.01. The Bertz CT molecular complexity index is 571. The Morgan fingerprint density at radius 1 is 1.35 bits per heavy atom. The van der Waals surface area contributed by atoms with Gasteiger partial charge in [0.25, 0.3) is 0 Å². The maximum Gasteiger partial charge on any atom is 0.411 e. The Morgan fingerprint density at radius 2 is 2.15 bits per heavy atom. The predicted molar refractivity (Wildman–Crippen MR) is 76.2 cm³/mol. The summed E-state index contributed by atoms with van der Waals surface area (Å²) >= 11 is 3.05. The van der Waals surface area contributed by atoms with Crippen LogP contribution in [0.1, 0.15) is 6.42 Å². The molecule has 0 radical (unpaired) electrons. The number of thiazole rings is 1. The summed E-state index contributed by atoms with van der Waals surface area (Å²) < 4.78 is 41.9. The van der Waals surface area contributed by atoms with Gasteiger partial charge in [0.15, 0.2) is 4.34 Å². The molecule has 110 valence electrons. The number of fused-ring (bicyclic) bond motifs is 1. The molecule has 0 saturated heterocycles. The molecule has 2 aromatic rings. The third kappa shape index (κ3) is 4.84. The Morgan fingerprint density at radius 3 is 2.90 bits per heavy atom. The van der Waals surface area contributed by atoms with Crippen molar-refractivity contribution in [3.63, 3.8) is 0 Å². The quantitative estimate of drug-likeness (QED) is 0.497. The molecule has 1 aromatic heterocycles. The van der Waals surface area contributed by atoms with Crippen molar-refractivity contribution in [2.24, 2.45) is 0 Å². The van der Waals surface area contributed by atoms with Crippen molar-refractivity contribution in [2.45, 2.75) is 16.9 Å². The van der Waals surface area contributed by atoms with E-state index in [1.54, 1.807) is 6.07 Å². The molecule has 2 N–H and O–H groups in total. The summed E-state index contributed by atoms with van der Waals surface area (Å²) in [6.45, 7) is -1.08. The Balaban J connectivity index is 1.73. The maximum atomic E-state index is 11.8. The van der Waals surface area contributed by atoms with Crippen LogP contribution in [-0.4, -0.2) is 30.1 Å². The van der Waals surface area contributed by atoms with E-state index in [4.69, 9.17) is 5.73 Å². The predicted octanol–water partition coefficient (Wildman–Crippen LogP) is 3.94. The lowest BCUT2D eigenvalue weighted by Gasteiger charge is -2.06. The lowest BCUT2D eigenvalue weighted by molar-refractivity contribution is -0.173. The molecule has 0 bridgehead atoms. The van der Waals surface area contributed by atoms with E-state index in [1.165, 1.54) is 23.1 Å². The first kappa shape index (κ1) is 15.4. The van der Waals surface area contributed by atoms with Crippen LogP contribution in [-0.2, 0) is 4.74 Å². The minimum Gasteiger partial charge on any atom is -0.399 e. The SMILES string of the molecule is Nc1ccc2nc(SCCCOCC(F)(F)F)sc2c1. The standard InChI is InChI=1S/C12H13F3N2OS2/c13-12(14,15)7-18-4-1-5-19-11-17-9-3-2-8(16)6-10(9)20-11/h2-3,6H,1,4-5,7,16H2. The number of nitrogen functional groups attached to an aromatic ring is 1. The van der Waals surface area contributed by atoms with Gasteiger partial charge in [-0.1, -0.05) is 11.8 Å². The molecule has 3 nitrogen and oxygen atoms in total. The van der Waals surface area contributed by atoms with Gasteiger partial charge in [-0.15, -0.1) is 11.3 Å². The topological polar surface area (TPSA) is 48.1 Å². The lowest BCUT2D eigenvalue weighted by Crippen LogP contribution is -2.17. The van der Waals surface area contributed by atoms with E-state index in [-0.39, 0.29) is 6.61 Å². The van der Waals surface area contributed by atoms with Gasteiger partial charge in [0, 0.05) is 18.0 Å². The zero-order valence-electron chi connectivity index (χ0n) is 10.4. The van der Waals surface area contributed by atoms with Crippen molar-refractivity contribution in [1.82, 2.24) is 4.98 Å². The van der Waals surface area contributed by atoms with Gasteiger partial charge >= 0.3 is 6.18 Å². The molecular weight excluding hydrogens is 309 g/mol. The van der Waals surface area contributed by atoms with Gasteiger partial charge in [-0.2, -0.15) is 13.2 Å². The van der Waals surface area contributed by atoms with Crippen molar-refractivity contribution in [3.05, 3.63) is 18.2 Å². The molecule has 0 spiro atoms. The van der Waals surface area contributed by atoms with Crippen LogP contribution >= 0.6 is 23.1 Å². The molecule has 1 heterocycles. The minimum absolute atomic E-state index is 0.102. The number of rotatable bonds is 6. The molecule has 0 aliphatic rings. The molecule has 0 aliphatic heterocycles. The van der Waals surface area contributed by atoms with E-state index >= 15 is 0 Å². The number of benzene rings is 1. The van der Waals surface area contributed by atoms with Crippen LogP contribution in [0, 0.1) is 0 Å². The fraction of sp³-hybridized carbons (Fsp3) is 0.417. The highest BCUT2D eigenvalue weighted by Gasteiger charge is 2.27. The van der Waals surface area contributed by atoms with Crippen LogP contribution in [0.5, 0.6) is 0 Å². The Labute approximate surface area is 122 Å². The molecule has 2 rings (SSSR count). The molecule has 0 atom stereocenters. The van der Waals surface area contributed by atoms with Crippen molar-refractivity contribution < 1.29 is 17.9 Å². The molecule has 0 saturated carbocycles. The van der Waals surface area contributed by atoms with Gasteiger partial charge in [-0.05, 0) is 24.6 Å². The number of nitrogens with zero attached hydrogens (tertiary/aromatic N) is 1. The van der Waals surface area contributed by atoms with E-state index in [9.17, 15) is 13.2 Å². The normalized spacial score (nSPS) is 12.2. The largest absolute Gasteiger partial charge is 0.411 e. The molecular formula is C12H13F3N2OS2. The van der Waals surface area contributed by atoms with Gasteiger partial charge in [-0.3, -0.25) is 0 Å². The minimum atomic E-state index is -4.25. The number of hydrogen-bond acceptors (Lipinski definition) is 5. The van der Waals surface area contributed by atoms with Crippen molar-refractivity contribution in [1.29, 1.82) is 0 Å². The zero-order valence-corrected chi connectivity index (χ0v) is 12.1. The van der Waals surface area contributed by atoms with Gasteiger partial charge in [0.2, 0.25) is 0 Å². The number of aromatic nitrogens is 1. The highest BCUT2D eigenvalue weighted by Crippen LogP contribution is 2.30. The summed E-state index contributed by atoms with van der Waals surface area (Å²) in [6, 6.07) is 5.52. The van der Waals surface area contributed by atoms with Crippen LogP contribution in [0.3, 0.4) is 0 Å². The van der Waals surface area contributed by atoms with E-state index in [2.05, 4.69) is 9.72 Å². The number of hydrogen-bond donors (Lipinski definition) is 1. The van der Waals surface area contributed by atoms with Crippen LogP contribution in [0.4, 0.5) is 18.9 Å². The first-order valence-corrected chi connectivity index (χ1v) is 7.67. The van der Waals surface area contributed by atoms with Gasteiger partial charge in [0.1, 0.15) is 6.61 Å². The molecule has 20 heavy (non-hydrogen) atoms. The highest BCUT2D eigenvalue weighted by atomic mass is 32.2. The molecule has 0 amide bonds. The number of thioether (sulfide) groups is 1. The lowest BCUT2D eigenvalue weighted by atomic mass is 10.3. The van der Waals surface area contributed by atoms with Crippen LogP contribution in [0.2, 0.25) is 0 Å². The van der Waals surface area contributed by atoms with Crippen molar-refractivity contribution >= 4 is 39.0 Å². The third-order valence-electron chi connectivity index (χ3n) is 2.32. The molecule has 0 fully saturated rings. The smallest absolute Gasteiger partial charge is 0.399 e. The Kier molecular flexibility index (Phi) is 5.11. The van der Waals surface area contributed by atoms with Gasteiger partial charge < -0.3 is 10.5 Å². The number of halogens is 3. The molecule has 0 aliphatic carbocycles. The van der Waals surface area contributed by atoms with Crippen LogP contribution in [0.25, 0.3) is 10.2 Å². The second-order valence-corrected chi connectivity index (χ2v) is 6.45. The van der Waals surface area contributed by atoms with Gasteiger partial charge in [-0.25, -0.2) is 4.98 Å². The Hall–Kier alpha value is -0.990. The van der Waals surface area contributed by atoms with E-state index in [0.29, 0.717) is 17.9 Å². The molecule has 1 aromatic carbocycles.